The molecule has 2 unspecified atom stereocenters. The molecule has 1 aliphatic rings. The van der Waals surface area contributed by atoms with E-state index < -0.39 is 21.3 Å². The lowest BCUT2D eigenvalue weighted by Gasteiger charge is -2.39. The van der Waals surface area contributed by atoms with Crippen molar-refractivity contribution in [2.45, 2.75) is 17.8 Å². The zero-order chi connectivity index (χ0) is 24.6. The maximum Gasteiger partial charge on any atom is 0.225 e. The second-order valence-electron chi connectivity index (χ2n) is 8.59. The molecule has 0 aliphatic carbocycles. The minimum absolute atomic E-state index is 0.113. The van der Waals surface area contributed by atoms with Crippen LogP contribution in [-0.2, 0) is 21.4 Å². The number of pyridine rings is 1. The number of thiophene rings is 1. The van der Waals surface area contributed by atoms with E-state index in [1.165, 1.54) is 21.7 Å². The lowest BCUT2D eigenvalue weighted by Crippen LogP contribution is -2.55. The van der Waals surface area contributed by atoms with E-state index >= 15 is 0 Å². The number of rotatable bonds is 7. The number of piperazine rings is 1. The van der Waals surface area contributed by atoms with E-state index in [0.717, 1.165) is 32.8 Å². The van der Waals surface area contributed by atoms with Crippen LogP contribution in [0.1, 0.15) is 15.7 Å². The summed E-state index contributed by atoms with van der Waals surface area (Å²) in [6.07, 6.45) is 4.07. The molecule has 3 heterocycles. The van der Waals surface area contributed by atoms with Gasteiger partial charge in [0, 0.05) is 52.4 Å². The first-order valence-corrected chi connectivity index (χ1v) is 13.9. The number of carbonyl (C=O) groups excluding carboxylic acids is 1. The average molecular weight is 526 g/mol. The highest BCUT2D eigenvalue weighted by atomic mass is 35.5. The smallest absolute Gasteiger partial charge is 0.225 e. The summed E-state index contributed by atoms with van der Waals surface area (Å²) in [6.45, 7) is 5.25. The Kier molecular flexibility index (Phi) is 6.74. The van der Waals surface area contributed by atoms with Crippen LogP contribution in [0.15, 0.2) is 73.4 Å². The molecule has 0 saturated carbocycles. The lowest BCUT2D eigenvalue weighted by molar-refractivity contribution is -0.114. The molecule has 1 fully saturated rings. The zero-order valence-electron chi connectivity index (χ0n) is 18.9. The number of aldehydes is 1. The second-order valence-corrected chi connectivity index (χ2v) is 12.2. The molecular formula is C26H24ClN3O3S2. The van der Waals surface area contributed by atoms with Gasteiger partial charge in [0.25, 0.3) is 0 Å². The van der Waals surface area contributed by atoms with Gasteiger partial charge < -0.3 is 4.79 Å². The molecule has 0 radical (unpaired) electrons. The summed E-state index contributed by atoms with van der Waals surface area (Å²) in [5.41, 5.74) is 1.97. The molecule has 6 nitrogen and oxygen atoms in total. The third kappa shape index (κ3) is 4.77. The molecule has 5 rings (SSSR count). The van der Waals surface area contributed by atoms with Crippen LogP contribution in [0.2, 0.25) is 5.02 Å². The van der Waals surface area contributed by atoms with E-state index in [4.69, 9.17) is 11.6 Å². The van der Waals surface area contributed by atoms with Gasteiger partial charge in [-0.05, 0) is 47.3 Å². The topological polar surface area (TPSA) is 70.6 Å². The van der Waals surface area contributed by atoms with Crippen molar-refractivity contribution < 1.29 is 13.2 Å². The summed E-state index contributed by atoms with van der Waals surface area (Å²) in [4.78, 5) is 19.1. The molecule has 180 valence electrons. The molecule has 2 aromatic heterocycles. The number of fused-ring (bicyclic) bond motifs is 2. The lowest BCUT2D eigenvalue weighted by atomic mass is 10.1. The Morgan fingerprint density at radius 1 is 1.14 bits per heavy atom. The maximum atomic E-state index is 13.6. The van der Waals surface area contributed by atoms with Gasteiger partial charge in [-0.1, -0.05) is 35.9 Å². The molecule has 2 atom stereocenters. The fraction of sp³-hybridized carbons (Fsp3) is 0.231. The van der Waals surface area contributed by atoms with E-state index in [0.29, 0.717) is 29.5 Å². The molecule has 1 aliphatic heterocycles. The third-order valence-corrected chi connectivity index (χ3v) is 10.1. The molecule has 9 heteroatoms. The van der Waals surface area contributed by atoms with Crippen LogP contribution in [0.25, 0.3) is 21.0 Å². The highest BCUT2D eigenvalue weighted by Crippen LogP contribution is 2.37. The second kappa shape index (κ2) is 9.79. The van der Waals surface area contributed by atoms with Crippen LogP contribution in [0.3, 0.4) is 0 Å². The third-order valence-electron chi connectivity index (χ3n) is 6.38. The van der Waals surface area contributed by atoms with Gasteiger partial charge in [0.05, 0.1) is 11.6 Å². The number of hydrogen-bond acceptors (Lipinski definition) is 6. The summed E-state index contributed by atoms with van der Waals surface area (Å²) in [6, 6.07) is 16.8. The van der Waals surface area contributed by atoms with Crippen LogP contribution in [0, 0.1) is 0 Å². The Morgan fingerprint density at radius 3 is 2.80 bits per heavy atom. The highest BCUT2D eigenvalue weighted by molar-refractivity contribution is 7.89. The summed E-state index contributed by atoms with van der Waals surface area (Å²) < 4.78 is 29.6. The van der Waals surface area contributed by atoms with Gasteiger partial charge >= 0.3 is 0 Å². The van der Waals surface area contributed by atoms with Crippen molar-refractivity contribution in [3.63, 3.8) is 0 Å². The van der Waals surface area contributed by atoms with E-state index in [-0.39, 0.29) is 6.54 Å². The van der Waals surface area contributed by atoms with Gasteiger partial charge in [-0.2, -0.15) is 4.31 Å². The molecule has 1 saturated heterocycles. The number of halogens is 1. The Bertz CT molecular complexity index is 1520. The molecule has 35 heavy (non-hydrogen) atoms. The quantitative estimate of drug-likeness (QED) is 0.249. The molecule has 4 aromatic rings. The molecule has 2 aromatic carbocycles. The van der Waals surface area contributed by atoms with Gasteiger partial charge in [0.1, 0.15) is 11.5 Å². The van der Waals surface area contributed by atoms with Crippen LogP contribution in [0.5, 0.6) is 0 Å². The first-order chi connectivity index (χ1) is 16.9. The Balaban J connectivity index is 1.35. The number of carbonyl (C=O) groups is 1. The van der Waals surface area contributed by atoms with Crippen LogP contribution in [-0.4, -0.2) is 54.6 Å². The fourth-order valence-corrected chi connectivity index (χ4v) is 8.00. The van der Waals surface area contributed by atoms with Gasteiger partial charge in [-0.25, -0.2) is 8.42 Å². The largest absolute Gasteiger partial charge is 0.302 e. The van der Waals surface area contributed by atoms with E-state index in [1.807, 2.05) is 47.4 Å². The normalized spacial score (nSPS) is 18.6. The van der Waals surface area contributed by atoms with Crippen LogP contribution >= 0.6 is 22.9 Å². The molecular weight excluding hydrogens is 502 g/mol. The Morgan fingerprint density at radius 2 is 2.00 bits per heavy atom. The number of nitrogens with zero attached hydrogens (tertiary/aromatic N) is 3. The van der Waals surface area contributed by atoms with Gasteiger partial charge in [-0.3, -0.25) is 9.88 Å². The highest BCUT2D eigenvalue weighted by Gasteiger charge is 2.38. The fourth-order valence-electron chi connectivity index (χ4n) is 4.55. The number of benzene rings is 2. The predicted octanol–water partition coefficient (Wildman–Crippen LogP) is 5.05. The first kappa shape index (κ1) is 24.1. The molecule has 0 N–H and O–H groups in total. The van der Waals surface area contributed by atoms with Crippen molar-refractivity contribution >= 4 is 60.2 Å². The molecule has 0 amide bonds. The van der Waals surface area contributed by atoms with Crippen molar-refractivity contribution in [1.29, 1.82) is 0 Å². The zero-order valence-corrected chi connectivity index (χ0v) is 21.3. The monoisotopic (exact) mass is 525 g/mol. The summed E-state index contributed by atoms with van der Waals surface area (Å²) in [7, 11) is -3.75. The van der Waals surface area contributed by atoms with Crippen molar-refractivity contribution in [2.75, 3.05) is 19.6 Å². The number of sulfonamides is 1. The van der Waals surface area contributed by atoms with Crippen LogP contribution in [0.4, 0.5) is 0 Å². The van der Waals surface area contributed by atoms with E-state index in [9.17, 15) is 13.2 Å². The van der Waals surface area contributed by atoms with Crippen molar-refractivity contribution in [3.05, 3.63) is 88.9 Å². The minimum atomic E-state index is -3.75. The van der Waals surface area contributed by atoms with Crippen molar-refractivity contribution in [3.8, 4) is 0 Å². The van der Waals surface area contributed by atoms with E-state index in [1.54, 1.807) is 12.3 Å². The molecule has 0 spiro atoms. The van der Waals surface area contributed by atoms with Gasteiger partial charge in [-0.15, -0.1) is 17.9 Å². The first-order valence-electron chi connectivity index (χ1n) is 11.2. The van der Waals surface area contributed by atoms with Gasteiger partial charge in [0.2, 0.25) is 10.0 Å². The number of aromatic nitrogens is 1. The minimum Gasteiger partial charge on any atom is -0.302 e. The predicted molar refractivity (Wildman–Crippen MR) is 142 cm³/mol. The Labute approximate surface area is 213 Å². The SMILES string of the molecule is C=CC(c1cc2ccc(Cl)cc2s1)S(=O)(=O)N1CCN(Cc2ccc3ncccc3c2)C(C=O)C1. The van der Waals surface area contributed by atoms with Crippen molar-refractivity contribution in [1.82, 2.24) is 14.2 Å². The Hall–Kier alpha value is -2.62. The summed E-state index contributed by atoms with van der Waals surface area (Å²) in [5.74, 6) is 0. The van der Waals surface area contributed by atoms with E-state index in [2.05, 4.69) is 17.6 Å². The molecule has 0 bridgehead atoms. The van der Waals surface area contributed by atoms with Crippen molar-refractivity contribution in [2.24, 2.45) is 0 Å². The summed E-state index contributed by atoms with van der Waals surface area (Å²) >= 11 is 7.50. The summed E-state index contributed by atoms with van der Waals surface area (Å²) in [5, 5.41) is 1.70. The van der Waals surface area contributed by atoms with Gasteiger partial charge in [0.15, 0.2) is 0 Å². The maximum absolute atomic E-state index is 13.6. The average Bonchev–Trinajstić information content (AvgIpc) is 3.26. The number of hydrogen-bond donors (Lipinski definition) is 0. The standard InChI is InChI=1S/C26H24ClN3O3S2/c1-2-26(25-13-20-6-7-21(27)14-24(20)34-25)35(32,33)30-11-10-29(22(16-30)17-31)15-18-5-8-23-19(12-18)4-3-9-28-23/h2-9,12-14,17,22,26H,1,10-11,15-16H2. The van der Waals surface area contributed by atoms with Crippen LogP contribution < -0.4 is 0 Å².